The number of Topliss-reactive ketones (excluding diaryl/α,β-unsaturated/α-hetero) is 2. The van der Waals surface area contributed by atoms with Crippen LogP contribution in [0.2, 0.25) is 0 Å². The molecule has 0 aromatic heterocycles. The number of hydrogen-bond acceptors (Lipinski definition) is 3. The van der Waals surface area contributed by atoms with E-state index in [0.29, 0.717) is 12.8 Å². The second-order valence-electron chi connectivity index (χ2n) is 11.0. The number of ketones is 2. The molecule has 0 amide bonds. The fraction of sp³-hybridized carbons (Fsp3) is 0.906. The summed E-state index contributed by atoms with van der Waals surface area (Å²) in [6.45, 7) is 6.15. The Morgan fingerprint density at radius 2 is 0.694 bits per heavy atom. The SMILES string of the molecule is CCCCCCCCCCCCCC(=O)C(CC)(C(=O)O)C(=O)CCCCCCCCCCCCC. The Balaban J connectivity index is 4.13. The van der Waals surface area contributed by atoms with Crippen LogP contribution in [0.4, 0.5) is 0 Å². The van der Waals surface area contributed by atoms with Gasteiger partial charge in [0.05, 0.1) is 0 Å². The molecule has 0 saturated carbocycles. The van der Waals surface area contributed by atoms with Gasteiger partial charge in [-0.25, -0.2) is 0 Å². The van der Waals surface area contributed by atoms with Crippen LogP contribution in [0, 0.1) is 5.41 Å². The predicted octanol–water partition coefficient (Wildman–Crippen LogP) is 10.0. The molecule has 0 unspecified atom stereocenters. The van der Waals surface area contributed by atoms with Gasteiger partial charge in [0.25, 0.3) is 0 Å². The van der Waals surface area contributed by atoms with Crippen molar-refractivity contribution in [3.05, 3.63) is 0 Å². The van der Waals surface area contributed by atoms with Gasteiger partial charge < -0.3 is 5.11 Å². The third-order valence-electron chi connectivity index (χ3n) is 7.86. The number of unbranched alkanes of at least 4 members (excludes halogenated alkanes) is 20. The Morgan fingerprint density at radius 3 is 0.917 bits per heavy atom. The Kier molecular flexibility index (Phi) is 23.4. The van der Waals surface area contributed by atoms with Crippen LogP contribution in [-0.4, -0.2) is 22.6 Å². The van der Waals surface area contributed by atoms with E-state index in [1.165, 1.54) is 103 Å². The first-order valence-electron chi connectivity index (χ1n) is 15.8. The first-order chi connectivity index (χ1) is 17.5. The van der Waals surface area contributed by atoms with Crippen LogP contribution in [0.1, 0.15) is 181 Å². The molecular weight excluding hydrogens is 448 g/mol. The summed E-state index contributed by atoms with van der Waals surface area (Å²) in [6, 6.07) is 0. The number of aliphatic carboxylic acids is 1. The van der Waals surface area contributed by atoms with Gasteiger partial charge in [0.15, 0.2) is 17.0 Å². The molecule has 0 rings (SSSR count). The first-order valence-corrected chi connectivity index (χ1v) is 15.8. The molecule has 0 aliphatic carbocycles. The van der Waals surface area contributed by atoms with Crippen LogP contribution in [0.5, 0.6) is 0 Å². The second kappa shape index (κ2) is 24.2. The zero-order valence-electron chi connectivity index (χ0n) is 24.3. The highest BCUT2D eigenvalue weighted by atomic mass is 16.4. The predicted molar refractivity (Wildman–Crippen MR) is 153 cm³/mol. The molecule has 0 saturated heterocycles. The fourth-order valence-electron chi connectivity index (χ4n) is 5.27. The number of carbonyl (C=O) groups is 3. The zero-order chi connectivity index (χ0) is 26.9. The van der Waals surface area contributed by atoms with Crippen molar-refractivity contribution in [1.82, 2.24) is 0 Å². The molecule has 0 bridgehead atoms. The van der Waals surface area contributed by atoms with Gasteiger partial charge in [-0.15, -0.1) is 0 Å². The van der Waals surface area contributed by atoms with Gasteiger partial charge in [-0.2, -0.15) is 0 Å². The molecular formula is C32H60O4. The zero-order valence-corrected chi connectivity index (χ0v) is 24.3. The van der Waals surface area contributed by atoms with E-state index in [1.807, 2.05) is 0 Å². The van der Waals surface area contributed by atoms with Crippen molar-refractivity contribution in [1.29, 1.82) is 0 Å². The normalized spacial score (nSPS) is 11.6. The maximum Gasteiger partial charge on any atom is 0.324 e. The van der Waals surface area contributed by atoms with Gasteiger partial charge in [0, 0.05) is 12.8 Å². The van der Waals surface area contributed by atoms with Crippen LogP contribution in [0.25, 0.3) is 0 Å². The summed E-state index contributed by atoms with van der Waals surface area (Å²) in [5, 5.41) is 9.88. The largest absolute Gasteiger partial charge is 0.480 e. The summed E-state index contributed by atoms with van der Waals surface area (Å²) in [7, 11) is 0. The standard InChI is InChI=1S/C32H60O4/c1-4-7-9-11-13-15-17-19-21-23-25-27-29(33)32(6-3,31(35)36)30(34)28-26-24-22-20-18-16-14-12-10-8-5-2/h4-28H2,1-3H3,(H,35,36). The summed E-state index contributed by atoms with van der Waals surface area (Å²) in [6.07, 6.45) is 26.6. The average molecular weight is 509 g/mol. The molecule has 0 heterocycles. The fourth-order valence-corrected chi connectivity index (χ4v) is 5.27. The quantitative estimate of drug-likeness (QED) is 0.0842. The van der Waals surface area contributed by atoms with Crippen molar-refractivity contribution in [2.24, 2.45) is 5.41 Å². The van der Waals surface area contributed by atoms with Gasteiger partial charge in [-0.1, -0.05) is 149 Å². The minimum atomic E-state index is -1.82. The number of carbonyl (C=O) groups excluding carboxylic acids is 2. The van der Waals surface area contributed by atoms with Crippen LogP contribution in [0.15, 0.2) is 0 Å². The number of carboxylic acid groups (broad SMARTS) is 1. The van der Waals surface area contributed by atoms with Crippen molar-refractivity contribution in [2.45, 2.75) is 181 Å². The summed E-state index contributed by atoms with van der Waals surface area (Å²) >= 11 is 0. The lowest BCUT2D eigenvalue weighted by atomic mass is 9.73. The minimum Gasteiger partial charge on any atom is -0.480 e. The Bertz CT molecular complexity index is 516. The summed E-state index contributed by atoms with van der Waals surface area (Å²) < 4.78 is 0. The van der Waals surface area contributed by atoms with E-state index in [0.717, 1.165) is 25.7 Å². The highest BCUT2D eigenvalue weighted by molar-refractivity contribution is 6.21. The van der Waals surface area contributed by atoms with Crippen LogP contribution in [0.3, 0.4) is 0 Å². The lowest BCUT2D eigenvalue weighted by molar-refractivity contribution is -0.160. The monoisotopic (exact) mass is 508 g/mol. The van der Waals surface area contributed by atoms with E-state index in [-0.39, 0.29) is 30.8 Å². The average Bonchev–Trinajstić information content (AvgIpc) is 2.86. The van der Waals surface area contributed by atoms with Crippen molar-refractivity contribution in [3.63, 3.8) is 0 Å². The van der Waals surface area contributed by atoms with Crippen LogP contribution < -0.4 is 0 Å². The Morgan fingerprint density at radius 1 is 0.444 bits per heavy atom. The molecule has 0 aromatic carbocycles. The number of rotatable bonds is 28. The van der Waals surface area contributed by atoms with Crippen LogP contribution in [-0.2, 0) is 14.4 Å². The molecule has 36 heavy (non-hydrogen) atoms. The summed E-state index contributed by atoms with van der Waals surface area (Å²) in [4.78, 5) is 38.0. The molecule has 0 atom stereocenters. The maximum absolute atomic E-state index is 12.9. The van der Waals surface area contributed by atoms with E-state index >= 15 is 0 Å². The van der Waals surface area contributed by atoms with Crippen molar-refractivity contribution in [2.75, 3.05) is 0 Å². The molecule has 0 aromatic rings. The summed E-state index contributed by atoms with van der Waals surface area (Å²) in [5.41, 5.74) is -1.82. The van der Waals surface area contributed by atoms with Gasteiger partial charge in [0.1, 0.15) is 0 Å². The van der Waals surface area contributed by atoms with E-state index in [9.17, 15) is 19.5 Å². The third kappa shape index (κ3) is 15.8. The van der Waals surface area contributed by atoms with Gasteiger partial charge in [-0.3, -0.25) is 14.4 Å². The lowest BCUT2D eigenvalue weighted by Gasteiger charge is -2.25. The summed E-state index contributed by atoms with van der Waals surface area (Å²) in [5.74, 6) is -1.99. The second-order valence-corrected chi connectivity index (χ2v) is 11.0. The third-order valence-corrected chi connectivity index (χ3v) is 7.86. The van der Waals surface area contributed by atoms with Gasteiger partial charge in [-0.05, 0) is 19.3 Å². The number of carboxylic acids is 1. The molecule has 4 heteroatoms. The minimum absolute atomic E-state index is 0.0655. The molecule has 0 aliphatic heterocycles. The van der Waals surface area contributed by atoms with Crippen molar-refractivity contribution in [3.8, 4) is 0 Å². The first kappa shape index (κ1) is 34.8. The number of hydrogen-bond donors (Lipinski definition) is 1. The van der Waals surface area contributed by atoms with Crippen molar-refractivity contribution < 1.29 is 19.5 Å². The lowest BCUT2D eigenvalue weighted by Crippen LogP contribution is -2.46. The molecule has 0 spiro atoms. The van der Waals surface area contributed by atoms with E-state index in [2.05, 4.69) is 13.8 Å². The highest BCUT2D eigenvalue weighted by Crippen LogP contribution is 2.30. The van der Waals surface area contributed by atoms with E-state index in [4.69, 9.17) is 0 Å². The molecule has 4 nitrogen and oxygen atoms in total. The highest BCUT2D eigenvalue weighted by Gasteiger charge is 2.49. The topological polar surface area (TPSA) is 71.4 Å². The van der Waals surface area contributed by atoms with Gasteiger partial charge in [0.2, 0.25) is 0 Å². The maximum atomic E-state index is 12.9. The molecule has 0 fully saturated rings. The van der Waals surface area contributed by atoms with Crippen LogP contribution >= 0.6 is 0 Å². The van der Waals surface area contributed by atoms with E-state index in [1.54, 1.807) is 6.92 Å². The smallest absolute Gasteiger partial charge is 0.324 e. The van der Waals surface area contributed by atoms with Crippen molar-refractivity contribution >= 4 is 17.5 Å². The van der Waals surface area contributed by atoms with Gasteiger partial charge >= 0.3 is 5.97 Å². The molecule has 0 radical (unpaired) electrons. The Hall–Kier alpha value is -1.19. The van der Waals surface area contributed by atoms with E-state index < -0.39 is 11.4 Å². The Labute approximate surface area is 223 Å². The molecule has 212 valence electrons. The molecule has 1 N–H and O–H groups in total. The molecule has 0 aliphatic rings.